The molecule has 1 amide bonds. The first-order chi connectivity index (χ1) is 10.2. The molecule has 0 radical (unpaired) electrons. The number of rotatable bonds is 3. The number of carbonyl (C=O) groups is 1. The van der Waals surface area contributed by atoms with Crippen molar-refractivity contribution in [2.75, 3.05) is 23.3 Å². The third kappa shape index (κ3) is 3.39. The van der Waals surface area contributed by atoms with Gasteiger partial charge in [0, 0.05) is 13.1 Å². The molecule has 0 aliphatic carbocycles. The first-order valence-corrected chi connectivity index (χ1v) is 8.04. The number of nitrogens with one attached hydrogen (secondary N) is 1. The molecule has 0 saturated carbocycles. The second-order valence-corrected chi connectivity index (χ2v) is 6.17. The topological polar surface area (TPSA) is 58.1 Å². The summed E-state index contributed by atoms with van der Waals surface area (Å²) in [4.78, 5) is 23.7. The van der Waals surface area contributed by atoms with E-state index >= 15 is 0 Å². The van der Waals surface area contributed by atoms with Crippen molar-refractivity contribution in [1.82, 2.24) is 9.97 Å². The maximum atomic E-state index is 12.0. The van der Waals surface area contributed by atoms with Gasteiger partial charge in [0.15, 0.2) is 0 Å². The Morgan fingerprint density at radius 3 is 2.57 bits per heavy atom. The Labute approximate surface area is 128 Å². The minimum atomic E-state index is -0.109. The van der Waals surface area contributed by atoms with Crippen LogP contribution in [-0.4, -0.2) is 29.0 Å². The number of anilines is 2. The van der Waals surface area contributed by atoms with Crippen molar-refractivity contribution >= 4 is 28.9 Å². The Bertz CT molecular complexity index is 617. The highest BCUT2D eigenvalue weighted by Crippen LogP contribution is 2.18. The lowest BCUT2D eigenvalue weighted by Crippen LogP contribution is -2.30. The van der Waals surface area contributed by atoms with Gasteiger partial charge in [0.05, 0.1) is 23.0 Å². The molecule has 1 N–H and O–H groups in total. The fraction of sp³-hybridized carbons (Fsp3) is 0.400. The summed E-state index contributed by atoms with van der Waals surface area (Å²) in [5, 5.41) is 4.79. The molecule has 5 nitrogen and oxygen atoms in total. The summed E-state index contributed by atoms with van der Waals surface area (Å²) >= 11 is 1.44. The Kier molecular flexibility index (Phi) is 4.15. The summed E-state index contributed by atoms with van der Waals surface area (Å²) in [6.07, 6.45) is 7.02. The third-order valence-electron chi connectivity index (χ3n) is 3.49. The van der Waals surface area contributed by atoms with E-state index in [4.69, 9.17) is 0 Å². The van der Waals surface area contributed by atoms with Gasteiger partial charge in [-0.05, 0) is 43.2 Å². The zero-order valence-corrected chi connectivity index (χ0v) is 12.8. The molecule has 110 valence electrons. The second kappa shape index (κ2) is 6.22. The van der Waals surface area contributed by atoms with Crippen LogP contribution in [0.5, 0.6) is 0 Å². The summed E-state index contributed by atoms with van der Waals surface area (Å²) in [7, 11) is 0. The number of piperidine rings is 1. The summed E-state index contributed by atoms with van der Waals surface area (Å²) in [5.74, 6) is 0.641. The Morgan fingerprint density at radius 2 is 1.95 bits per heavy atom. The van der Waals surface area contributed by atoms with Crippen LogP contribution in [0.3, 0.4) is 0 Å². The minimum absolute atomic E-state index is 0.109. The molecule has 0 spiro atoms. The van der Waals surface area contributed by atoms with Gasteiger partial charge in [-0.2, -0.15) is 0 Å². The lowest BCUT2D eigenvalue weighted by atomic mass is 10.1. The first-order valence-electron chi connectivity index (χ1n) is 7.16. The van der Waals surface area contributed by atoms with Gasteiger partial charge in [-0.15, -0.1) is 11.3 Å². The number of thiophene rings is 1. The molecule has 21 heavy (non-hydrogen) atoms. The SMILES string of the molecule is Cc1csc(C(=O)Nc2cnc(N3CCCCC3)nc2)c1. The molecule has 0 unspecified atom stereocenters. The van der Waals surface area contributed by atoms with Crippen LogP contribution in [0, 0.1) is 6.92 Å². The summed E-state index contributed by atoms with van der Waals surface area (Å²) < 4.78 is 0. The van der Waals surface area contributed by atoms with E-state index in [0.29, 0.717) is 10.6 Å². The molecule has 6 heteroatoms. The fourth-order valence-electron chi connectivity index (χ4n) is 2.39. The number of hydrogen-bond donors (Lipinski definition) is 1. The lowest BCUT2D eigenvalue weighted by molar-refractivity contribution is 0.103. The van der Waals surface area contributed by atoms with Gasteiger partial charge in [0.25, 0.3) is 5.91 Å². The van der Waals surface area contributed by atoms with Gasteiger partial charge in [-0.1, -0.05) is 0 Å². The predicted molar refractivity (Wildman–Crippen MR) is 85.1 cm³/mol. The average Bonchev–Trinajstić information content (AvgIpc) is 2.96. The van der Waals surface area contributed by atoms with Crippen molar-refractivity contribution in [3.8, 4) is 0 Å². The van der Waals surface area contributed by atoms with Gasteiger partial charge in [-0.25, -0.2) is 9.97 Å². The van der Waals surface area contributed by atoms with E-state index in [2.05, 4.69) is 20.2 Å². The number of nitrogens with zero attached hydrogens (tertiary/aromatic N) is 3. The van der Waals surface area contributed by atoms with Crippen molar-refractivity contribution in [1.29, 1.82) is 0 Å². The van der Waals surface area contributed by atoms with Crippen LogP contribution in [0.1, 0.15) is 34.5 Å². The number of amides is 1. The van der Waals surface area contributed by atoms with Crippen LogP contribution in [0.25, 0.3) is 0 Å². The van der Waals surface area contributed by atoms with Crippen LogP contribution in [0.15, 0.2) is 23.8 Å². The van der Waals surface area contributed by atoms with Crippen molar-refractivity contribution < 1.29 is 4.79 Å². The first kappa shape index (κ1) is 14.0. The van der Waals surface area contributed by atoms with Gasteiger partial charge >= 0.3 is 0 Å². The monoisotopic (exact) mass is 302 g/mol. The van der Waals surface area contributed by atoms with E-state index in [0.717, 1.165) is 24.6 Å². The highest BCUT2D eigenvalue weighted by Gasteiger charge is 2.14. The van der Waals surface area contributed by atoms with Crippen molar-refractivity contribution in [2.24, 2.45) is 0 Å². The molecule has 0 atom stereocenters. The minimum Gasteiger partial charge on any atom is -0.341 e. The van der Waals surface area contributed by atoms with Gasteiger partial charge in [-0.3, -0.25) is 4.79 Å². The summed E-state index contributed by atoms with van der Waals surface area (Å²) in [6, 6.07) is 1.88. The molecule has 3 rings (SSSR count). The predicted octanol–water partition coefficient (Wildman–Crippen LogP) is 3.09. The zero-order chi connectivity index (χ0) is 14.7. The molecule has 2 aromatic heterocycles. The van der Waals surface area contributed by atoms with Gasteiger partial charge in [0.2, 0.25) is 5.95 Å². The molecule has 1 fully saturated rings. The van der Waals surface area contributed by atoms with E-state index in [9.17, 15) is 4.79 Å². The van der Waals surface area contributed by atoms with Crippen molar-refractivity contribution in [3.05, 3.63) is 34.3 Å². The zero-order valence-electron chi connectivity index (χ0n) is 12.0. The highest BCUT2D eigenvalue weighted by atomic mass is 32.1. The molecule has 0 bridgehead atoms. The molecule has 0 aromatic carbocycles. The number of aromatic nitrogens is 2. The van der Waals surface area contributed by atoms with E-state index in [1.165, 1.54) is 30.6 Å². The lowest BCUT2D eigenvalue weighted by Gasteiger charge is -2.26. The standard InChI is InChI=1S/C15H18N4OS/c1-11-7-13(21-10-11)14(20)18-12-8-16-15(17-9-12)19-5-3-2-4-6-19/h7-10H,2-6H2,1H3,(H,18,20). The maximum Gasteiger partial charge on any atom is 0.265 e. The largest absolute Gasteiger partial charge is 0.341 e. The number of hydrogen-bond acceptors (Lipinski definition) is 5. The molecule has 1 saturated heterocycles. The Morgan fingerprint density at radius 1 is 1.24 bits per heavy atom. The maximum absolute atomic E-state index is 12.0. The smallest absolute Gasteiger partial charge is 0.265 e. The fourth-order valence-corrected chi connectivity index (χ4v) is 3.18. The third-order valence-corrected chi connectivity index (χ3v) is 4.54. The van der Waals surface area contributed by atoms with Crippen molar-refractivity contribution in [2.45, 2.75) is 26.2 Å². The summed E-state index contributed by atoms with van der Waals surface area (Å²) in [6.45, 7) is 4.00. The number of aryl methyl sites for hydroxylation is 1. The molecular weight excluding hydrogens is 284 g/mol. The average molecular weight is 302 g/mol. The molecule has 2 aromatic rings. The Balaban J connectivity index is 1.65. The second-order valence-electron chi connectivity index (χ2n) is 5.26. The molecule has 1 aliphatic heterocycles. The van der Waals surface area contributed by atoms with Crippen molar-refractivity contribution in [3.63, 3.8) is 0 Å². The number of carbonyl (C=O) groups excluding carboxylic acids is 1. The normalized spacial score (nSPS) is 15.0. The quantitative estimate of drug-likeness (QED) is 0.946. The van der Waals surface area contributed by atoms with E-state index in [-0.39, 0.29) is 5.91 Å². The van der Waals surface area contributed by atoms with Crippen LogP contribution in [0.4, 0.5) is 11.6 Å². The van der Waals surface area contributed by atoms with Crippen LogP contribution < -0.4 is 10.2 Å². The van der Waals surface area contributed by atoms with E-state index in [1.807, 2.05) is 18.4 Å². The molecule has 1 aliphatic rings. The van der Waals surface area contributed by atoms with E-state index in [1.54, 1.807) is 12.4 Å². The van der Waals surface area contributed by atoms with Gasteiger partial charge in [0.1, 0.15) is 0 Å². The molecular formula is C15H18N4OS. The van der Waals surface area contributed by atoms with Crippen LogP contribution in [-0.2, 0) is 0 Å². The summed E-state index contributed by atoms with van der Waals surface area (Å²) in [5.41, 5.74) is 1.73. The van der Waals surface area contributed by atoms with Gasteiger partial charge < -0.3 is 10.2 Å². The van der Waals surface area contributed by atoms with Crippen LogP contribution in [0.2, 0.25) is 0 Å². The Hall–Kier alpha value is -1.95. The highest BCUT2D eigenvalue weighted by molar-refractivity contribution is 7.12. The van der Waals surface area contributed by atoms with Crippen LogP contribution >= 0.6 is 11.3 Å². The molecule has 3 heterocycles. The van der Waals surface area contributed by atoms with E-state index < -0.39 is 0 Å².